The highest BCUT2D eigenvalue weighted by atomic mass is 19.4. The van der Waals surface area contributed by atoms with E-state index in [1.165, 1.54) is 30.3 Å². The molecule has 2 aliphatic rings. The first kappa shape index (κ1) is 44.9. The summed E-state index contributed by atoms with van der Waals surface area (Å²) < 4.78 is 126. The van der Waals surface area contributed by atoms with Crippen LogP contribution in [0.5, 0.6) is 5.75 Å². The smallest absolute Gasteiger partial charge is 0.449 e. The van der Waals surface area contributed by atoms with E-state index in [1.54, 1.807) is 32.6 Å². The van der Waals surface area contributed by atoms with Gasteiger partial charge in [0.2, 0.25) is 5.76 Å². The van der Waals surface area contributed by atoms with Crippen LogP contribution in [-0.4, -0.2) is 58.0 Å². The third-order valence-electron chi connectivity index (χ3n) is 10.2. The van der Waals surface area contributed by atoms with Crippen molar-refractivity contribution in [2.75, 3.05) is 26.3 Å². The lowest BCUT2D eigenvalue weighted by Crippen LogP contribution is -2.50. The van der Waals surface area contributed by atoms with Crippen LogP contribution in [0.15, 0.2) is 68.6 Å². The summed E-state index contributed by atoms with van der Waals surface area (Å²) in [6, 6.07) is 9.09. The number of hydrogen-bond donors (Lipinski definition) is 1. The molecule has 2 aliphatic heterocycles. The Labute approximate surface area is 343 Å². The van der Waals surface area contributed by atoms with Crippen molar-refractivity contribution in [1.29, 1.82) is 0 Å². The number of rotatable bonds is 12. The van der Waals surface area contributed by atoms with Crippen LogP contribution in [-0.2, 0) is 63.2 Å². The summed E-state index contributed by atoms with van der Waals surface area (Å²) in [7, 11) is 0. The third kappa shape index (κ3) is 10.3. The molecule has 13 nitrogen and oxygen atoms in total. The summed E-state index contributed by atoms with van der Waals surface area (Å²) in [4.78, 5) is 56.1. The van der Waals surface area contributed by atoms with Crippen LogP contribution in [0.2, 0.25) is 0 Å². The van der Waals surface area contributed by atoms with Crippen molar-refractivity contribution in [3.05, 3.63) is 121 Å². The number of carbonyl (C=O) groups is 2. The predicted octanol–water partition coefficient (Wildman–Crippen LogP) is 7.06. The van der Waals surface area contributed by atoms with E-state index in [4.69, 9.17) is 23.4 Å². The van der Waals surface area contributed by atoms with Crippen molar-refractivity contribution in [3.63, 3.8) is 0 Å². The molecule has 2 aromatic carbocycles. The number of carbonyl (C=O) groups excluding carboxylic acids is 2. The lowest BCUT2D eigenvalue weighted by Gasteiger charge is -2.38. The Kier molecular flexibility index (Phi) is 12.8. The van der Waals surface area contributed by atoms with E-state index in [0.29, 0.717) is 11.6 Å². The van der Waals surface area contributed by atoms with Gasteiger partial charge in [-0.25, -0.2) is 18.8 Å². The van der Waals surface area contributed by atoms with Crippen molar-refractivity contribution in [2.45, 2.75) is 96.4 Å². The first-order chi connectivity index (χ1) is 28.6. The number of benzene rings is 2. The fraction of sp³-hybridized carbons (Fsp3) is 0.463. The van der Waals surface area contributed by atoms with Gasteiger partial charge in [-0.05, 0) is 82.5 Å². The second-order valence-corrected chi connectivity index (χ2v) is 15.6. The van der Waals surface area contributed by atoms with Gasteiger partial charge in [-0.15, -0.1) is 0 Å². The maximum Gasteiger partial charge on any atom is 0.449 e. The molecule has 61 heavy (non-hydrogen) atoms. The zero-order valence-electron chi connectivity index (χ0n) is 33.5. The molecule has 330 valence electrons. The van der Waals surface area contributed by atoms with Gasteiger partial charge in [-0.3, -0.25) is 18.8 Å². The normalized spacial score (nSPS) is 16.0. The highest BCUT2D eigenvalue weighted by molar-refractivity contribution is 5.71. The summed E-state index contributed by atoms with van der Waals surface area (Å²) in [6.45, 7) is 4.55. The van der Waals surface area contributed by atoms with Crippen molar-refractivity contribution >= 4 is 12.1 Å². The standard InChI is InChI=1S/C41H43F7N4O9/c1-5-57-33(53)23-58-25-11-9-24(10-12-25)30(49-36(55)61-38(2,3)4)21-52-35(54)34-31(51(37(52)56)20-27-28(40(43,44)45)7-6-8-29(27)42)22-59-39(34)15-17-50(18-16-39)19-26-13-14-32(60-26)41(46,47)48/h6-14,30H,5,15-23H2,1-4H3,(H,49,55)/t30-/m0/s1. The number of alkyl carbamates (subject to hydrolysis) is 1. The Morgan fingerprint density at radius 3 is 2.20 bits per heavy atom. The Balaban J connectivity index is 1.41. The zero-order chi connectivity index (χ0) is 44.5. The molecule has 20 heteroatoms. The van der Waals surface area contributed by atoms with Gasteiger partial charge in [-0.1, -0.05) is 18.2 Å². The quantitative estimate of drug-likeness (QED) is 0.116. The average Bonchev–Trinajstić information content (AvgIpc) is 3.80. The minimum Gasteiger partial charge on any atom is -0.482 e. The van der Waals surface area contributed by atoms with Gasteiger partial charge in [0.1, 0.15) is 28.5 Å². The number of furan rings is 1. The van der Waals surface area contributed by atoms with E-state index in [9.17, 15) is 45.5 Å². The fourth-order valence-electron chi connectivity index (χ4n) is 7.41. The minimum absolute atomic E-state index is 0.0130. The first-order valence-corrected chi connectivity index (χ1v) is 19.2. The Morgan fingerprint density at radius 1 is 0.902 bits per heavy atom. The fourth-order valence-corrected chi connectivity index (χ4v) is 7.41. The van der Waals surface area contributed by atoms with Crippen LogP contribution in [0.1, 0.15) is 86.0 Å². The van der Waals surface area contributed by atoms with Crippen LogP contribution >= 0.6 is 0 Å². The molecule has 1 spiro atoms. The molecule has 6 rings (SSSR count). The van der Waals surface area contributed by atoms with E-state index in [-0.39, 0.29) is 61.8 Å². The number of nitrogens with one attached hydrogen (secondary N) is 1. The summed E-state index contributed by atoms with van der Waals surface area (Å²) in [5.74, 6) is -2.76. The van der Waals surface area contributed by atoms with Gasteiger partial charge in [0, 0.05) is 18.7 Å². The largest absolute Gasteiger partial charge is 0.482 e. The van der Waals surface area contributed by atoms with Gasteiger partial charge in [0.05, 0.1) is 55.7 Å². The van der Waals surface area contributed by atoms with Gasteiger partial charge in [-0.2, -0.15) is 26.3 Å². The van der Waals surface area contributed by atoms with E-state index >= 15 is 4.39 Å². The van der Waals surface area contributed by atoms with Crippen molar-refractivity contribution in [3.8, 4) is 5.75 Å². The van der Waals surface area contributed by atoms with E-state index < -0.39 is 102 Å². The summed E-state index contributed by atoms with van der Waals surface area (Å²) in [5.41, 5.74) is -6.42. The number of hydrogen-bond acceptors (Lipinski definition) is 10. The van der Waals surface area contributed by atoms with Crippen LogP contribution in [0.3, 0.4) is 0 Å². The average molecular weight is 869 g/mol. The number of amides is 1. The first-order valence-electron chi connectivity index (χ1n) is 19.2. The summed E-state index contributed by atoms with van der Waals surface area (Å²) in [6.07, 6.45) is -10.5. The lowest BCUT2D eigenvalue weighted by atomic mass is 9.85. The predicted molar refractivity (Wildman–Crippen MR) is 201 cm³/mol. The molecule has 0 bridgehead atoms. The van der Waals surface area contributed by atoms with Crippen molar-refractivity contribution < 1.29 is 63.7 Å². The molecule has 0 saturated carbocycles. The Bertz CT molecular complexity index is 2360. The summed E-state index contributed by atoms with van der Waals surface area (Å²) >= 11 is 0. The number of nitrogens with zero attached hydrogens (tertiary/aromatic N) is 3. The van der Waals surface area contributed by atoms with Gasteiger partial charge in [0.15, 0.2) is 6.61 Å². The van der Waals surface area contributed by atoms with Crippen LogP contribution in [0.4, 0.5) is 35.5 Å². The topological polar surface area (TPSA) is 143 Å². The number of piperidine rings is 1. The second-order valence-electron chi connectivity index (χ2n) is 15.6. The molecule has 1 N–H and O–H groups in total. The Hall–Kier alpha value is -5.63. The number of fused-ring (bicyclic) bond motifs is 2. The van der Waals surface area contributed by atoms with Gasteiger partial charge < -0.3 is 28.7 Å². The second kappa shape index (κ2) is 17.4. The van der Waals surface area contributed by atoms with Crippen LogP contribution < -0.4 is 21.3 Å². The zero-order valence-corrected chi connectivity index (χ0v) is 33.5. The number of aromatic nitrogens is 2. The molecule has 4 aromatic rings. The number of halogens is 7. The molecule has 0 unspecified atom stereocenters. The number of alkyl halides is 6. The highest BCUT2D eigenvalue weighted by Crippen LogP contribution is 2.43. The van der Waals surface area contributed by atoms with Gasteiger partial charge in [0.25, 0.3) is 5.56 Å². The van der Waals surface area contributed by atoms with E-state index in [0.717, 1.165) is 27.3 Å². The van der Waals surface area contributed by atoms with E-state index in [1.807, 2.05) is 0 Å². The molecule has 0 radical (unpaired) electrons. The number of esters is 1. The van der Waals surface area contributed by atoms with E-state index in [2.05, 4.69) is 5.32 Å². The maximum absolute atomic E-state index is 15.4. The maximum atomic E-state index is 15.4. The third-order valence-corrected chi connectivity index (χ3v) is 10.2. The number of likely N-dealkylation sites (tertiary alicyclic amines) is 1. The molecule has 2 aromatic heterocycles. The minimum atomic E-state index is -5.02. The Morgan fingerprint density at radius 2 is 1.59 bits per heavy atom. The SMILES string of the molecule is CCOC(=O)COc1ccc([C@H](Cn2c(=O)c3c(n(Cc4c(F)cccc4C(F)(F)F)c2=O)COC32CCN(Cc3ccc(C(F)(F)F)o3)CC2)NC(=O)OC(C)(C)C)cc1. The van der Waals surface area contributed by atoms with Crippen molar-refractivity contribution in [1.82, 2.24) is 19.4 Å². The van der Waals surface area contributed by atoms with Crippen molar-refractivity contribution in [2.24, 2.45) is 0 Å². The van der Waals surface area contributed by atoms with Crippen LogP contribution in [0.25, 0.3) is 0 Å². The molecule has 1 amide bonds. The highest BCUT2D eigenvalue weighted by Gasteiger charge is 2.48. The molecular weight excluding hydrogens is 825 g/mol. The molecule has 1 atom stereocenters. The van der Waals surface area contributed by atoms with Gasteiger partial charge >= 0.3 is 30.1 Å². The number of ether oxygens (including phenoxy) is 4. The molecule has 0 aliphatic carbocycles. The molecule has 4 heterocycles. The molecular formula is C41H43F7N4O9. The lowest BCUT2D eigenvalue weighted by molar-refractivity contribution is -0.153. The molecule has 1 fully saturated rings. The monoisotopic (exact) mass is 868 g/mol. The van der Waals surface area contributed by atoms with Crippen LogP contribution in [0, 0.1) is 5.82 Å². The summed E-state index contributed by atoms with van der Waals surface area (Å²) in [5, 5.41) is 2.66. The molecule has 1 saturated heterocycles.